The van der Waals surface area contributed by atoms with Crippen LogP contribution in [0.15, 0.2) is 58.3 Å². The number of thioether (sulfide) groups is 1. The zero-order valence-corrected chi connectivity index (χ0v) is 16.0. The van der Waals surface area contributed by atoms with Crippen LogP contribution in [0.1, 0.15) is 0 Å². The predicted molar refractivity (Wildman–Crippen MR) is 108 cm³/mol. The SMILES string of the molecule is O=C(CSc1nnc(-c2c[nH]c3ccccc23)o1)Nc1ccc2c(c1)OCCO2. The lowest BCUT2D eigenvalue weighted by Gasteiger charge is -2.18. The number of hydrogen-bond donors (Lipinski definition) is 2. The topological polar surface area (TPSA) is 102 Å². The van der Waals surface area contributed by atoms with E-state index in [2.05, 4.69) is 20.5 Å². The number of ether oxygens (including phenoxy) is 2. The minimum absolute atomic E-state index is 0.143. The number of hydrogen-bond acceptors (Lipinski definition) is 7. The van der Waals surface area contributed by atoms with E-state index < -0.39 is 0 Å². The van der Waals surface area contributed by atoms with Gasteiger partial charge in [-0.3, -0.25) is 4.79 Å². The van der Waals surface area contributed by atoms with Gasteiger partial charge in [0, 0.05) is 28.9 Å². The monoisotopic (exact) mass is 408 g/mol. The Kier molecular flexibility index (Phi) is 4.57. The maximum Gasteiger partial charge on any atom is 0.277 e. The van der Waals surface area contributed by atoms with E-state index in [1.54, 1.807) is 18.2 Å². The van der Waals surface area contributed by atoms with E-state index in [0.717, 1.165) is 16.5 Å². The Hall–Kier alpha value is -3.46. The van der Waals surface area contributed by atoms with Gasteiger partial charge >= 0.3 is 0 Å². The van der Waals surface area contributed by atoms with Gasteiger partial charge in [-0.15, -0.1) is 10.2 Å². The Balaban J connectivity index is 1.22. The van der Waals surface area contributed by atoms with Gasteiger partial charge in [0.15, 0.2) is 11.5 Å². The molecule has 2 N–H and O–H groups in total. The second-order valence-electron chi connectivity index (χ2n) is 6.32. The normalized spacial score (nSPS) is 12.8. The number of carbonyl (C=O) groups excluding carboxylic acids is 1. The van der Waals surface area contributed by atoms with Gasteiger partial charge in [-0.05, 0) is 18.2 Å². The molecule has 0 spiro atoms. The molecule has 5 rings (SSSR count). The largest absolute Gasteiger partial charge is 0.486 e. The van der Waals surface area contributed by atoms with E-state index in [0.29, 0.717) is 41.5 Å². The third kappa shape index (κ3) is 3.64. The van der Waals surface area contributed by atoms with Crippen molar-refractivity contribution in [1.82, 2.24) is 15.2 Å². The van der Waals surface area contributed by atoms with Crippen LogP contribution in [-0.2, 0) is 4.79 Å². The van der Waals surface area contributed by atoms with Crippen molar-refractivity contribution < 1.29 is 18.7 Å². The van der Waals surface area contributed by atoms with Crippen LogP contribution in [-0.4, -0.2) is 40.1 Å². The Labute approximate surface area is 169 Å². The molecule has 1 amide bonds. The highest BCUT2D eigenvalue weighted by atomic mass is 32.2. The van der Waals surface area contributed by atoms with Crippen LogP contribution in [0.3, 0.4) is 0 Å². The number of anilines is 1. The molecule has 9 heteroatoms. The van der Waals surface area contributed by atoms with Gasteiger partial charge in [0.1, 0.15) is 13.2 Å². The first-order valence-electron chi connectivity index (χ1n) is 8.98. The summed E-state index contributed by atoms with van der Waals surface area (Å²) in [5.41, 5.74) is 2.47. The van der Waals surface area contributed by atoms with Gasteiger partial charge in [-0.1, -0.05) is 30.0 Å². The molecule has 146 valence electrons. The van der Waals surface area contributed by atoms with Crippen molar-refractivity contribution in [2.24, 2.45) is 0 Å². The molecule has 1 aliphatic heterocycles. The van der Waals surface area contributed by atoms with Crippen LogP contribution in [0.5, 0.6) is 11.5 Å². The molecule has 0 unspecified atom stereocenters. The van der Waals surface area contributed by atoms with Gasteiger partial charge in [0.25, 0.3) is 11.1 Å². The molecule has 0 atom stereocenters. The summed E-state index contributed by atoms with van der Waals surface area (Å²) in [6.45, 7) is 1.02. The summed E-state index contributed by atoms with van der Waals surface area (Å²) < 4.78 is 16.7. The first-order chi connectivity index (χ1) is 14.3. The summed E-state index contributed by atoms with van der Waals surface area (Å²) in [6.07, 6.45) is 1.83. The fourth-order valence-corrected chi connectivity index (χ4v) is 3.63. The fraction of sp³-hybridized carbons (Fsp3) is 0.150. The number of para-hydroxylation sites is 1. The molecule has 0 saturated heterocycles. The zero-order chi connectivity index (χ0) is 19.6. The van der Waals surface area contributed by atoms with E-state index in [9.17, 15) is 4.79 Å². The van der Waals surface area contributed by atoms with Crippen molar-refractivity contribution >= 4 is 34.3 Å². The molecule has 1 aliphatic rings. The summed E-state index contributed by atoms with van der Waals surface area (Å²) in [5, 5.41) is 12.3. The number of nitrogens with zero attached hydrogens (tertiary/aromatic N) is 2. The Morgan fingerprint density at radius 3 is 2.90 bits per heavy atom. The molecule has 4 aromatic rings. The average Bonchev–Trinajstić information content (AvgIpc) is 3.39. The standard InChI is InChI=1S/C20H16N4O4S/c25-18(22-12-5-6-16-17(9-12)27-8-7-26-16)11-29-20-24-23-19(28-20)14-10-21-15-4-2-1-3-13(14)15/h1-6,9-10,21H,7-8,11H2,(H,22,25). The summed E-state index contributed by atoms with van der Waals surface area (Å²) in [6, 6.07) is 13.2. The smallest absolute Gasteiger partial charge is 0.277 e. The molecule has 0 saturated carbocycles. The minimum atomic E-state index is -0.182. The van der Waals surface area contributed by atoms with Crippen molar-refractivity contribution in [2.75, 3.05) is 24.3 Å². The van der Waals surface area contributed by atoms with E-state index in [-0.39, 0.29) is 11.7 Å². The first-order valence-corrected chi connectivity index (χ1v) is 9.97. The summed E-state index contributed by atoms with van der Waals surface area (Å²) in [7, 11) is 0. The number of fused-ring (bicyclic) bond motifs is 2. The van der Waals surface area contributed by atoms with Crippen LogP contribution in [0, 0.1) is 0 Å². The fourth-order valence-electron chi connectivity index (χ4n) is 3.07. The van der Waals surface area contributed by atoms with E-state index in [1.807, 2.05) is 30.5 Å². The van der Waals surface area contributed by atoms with Crippen molar-refractivity contribution in [3.8, 4) is 23.0 Å². The van der Waals surface area contributed by atoms with Gasteiger partial charge < -0.3 is 24.2 Å². The first kappa shape index (κ1) is 17.6. The lowest BCUT2D eigenvalue weighted by atomic mass is 10.2. The highest BCUT2D eigenvalue weighted by Crippen LogP contribution is 2.33. The van der Waals surface area contributed by atoms with E-state index in [4.69, 9.17) is 13.9 Å². The van der Waals surface area contributed by atoms with Gasteiger partial charge in [0.2, 0.25) is 5.91 Å². The second kappa shape index (κ2) is 7.51. The Bertz CT molecular complexity index is 1190. The van der Waals surface area contributed by atoms with Crippen molar-refractivity contribution in [3.05, 3.63) is 48.7 Å². The lowest BCUT2D eigenvalue weighted by molar-refractivity contribution is -0.113. The third-order valence-electron chi connectivity index (χ3n) is 4.38. The Morgan fingerprint density at radius 2 is 1.97 bits per heavy atom. The molecule has 2 aromatic heterocycles. The number of aromatic amines is 1. The quantitative estimate of drug-likeness (QED) is 0.485. The lowest BCUT2D eigenvalue weighted by Crippen LogP contribution is -2.17. The maximum absolute atomic E-state index is 12.3. The van der Waals surface area contributed by atoms with Crippen molar-refractivity contribution in [2.45, 2.75) is 5.22 Å². The summed E-state index contributed by atoms with van der Waals surface area (Å²) >= 11 is 1.18. The summed E-state index contributed by atoms with van der Waals surface area (Å²) in [4.78, 5) is 15.4. The summed E-state index contributed by atoms with van der Waals surface area (Å²) in [5.74, 6) is 1.68. The highest BCUT2D eigenvalue weighted by molar-refractivity contribution is 7.99. The van der Waals surface area contributed by atoms with Gasteiger partial charge in [-0.2, -0.15) is 0 Å². The van der Waals surface area contributed by atoms with Gasteiger partial charge in [0.05, 0.1) is 11.3 Å². The molecule has 3 heterocycles. The van der Waals surface area contributed by atoms with E-state index >= 15 is 0 Å². The van der Waals surface area contributed by atoms with Gasteiger partial charge in [-0.25, -0.2) is 0 Å². The number of carbonyl (C=O) groups is 1. The molecule has 0 fully saturated rings. The number of aromatic nitrogens is 3. The highest BCUT2D eigenvalue weighted by Gasteiger charge is 2.16. The molecule has 0 radical (unpaired) electrons. The number of H-pyrrole nitrogens is 1. The van der Waals surface area contributed by atoms with Crippen LogP contribution < -0.4 is 14.8 Å². The Morgan fingerprint density at radius 1 is 1.10 bits per heavy atom. The third-order valence-corrected chi connectivity index (χ3v) is 5.20. The zero-order valence-electron chi connectivity index (χ0n) is 15.2. The number of nitrogens with one attached hydrogen (secondary N) is 2. The van der Waals surface area contributed by atoms with E-state index in [1.165, 1.54) is 11.8 Å². The predicted octanol–water partition coefficient (Wildman–Crippen LogP) is 3.72. The minimum Gasteiger partial charge on any atom is -0.486 e. The van der Waals surface area contributed by atoms with Crippen molar-refractivity contribution in [3.63, 3.8) is 0 Å². The van der Waals surface area contributed by atoms with Crippen LogP contribution in [0.25, 0.3) is 22.4 Å². The molecule has 8 nitrogen and oxygen atoms in total. The maximum atomic E-state index is 12.3. The van der Waals surface area contributed by atoms with Crippen LogP contribution >= 0.6 is 11.8 Å². The number of rotatable bonds is 5. The van der Waals surface area contributed by atoms with Crippen LogP contribution in [0.2, 0.25) is 0 Å². The van der Waals surface area contributed by atoms with Crippen LogP contribution in [0.4, 0.5) is 5.69 Å². The molecular formula is C20H16N4O4S. The number of benzene rings is 2. The molecular weight excluding hydrogens is 392 g/mol. The number of amides is 1. The molecule has 0 aliphatic carbocycles. The second-order valence-corrected chi connectivity index (χ2v) is 7.24. The molecule has 2 aromatic carbocycles. The van der Waals surface area contributed by atoms with Crippen molar-refractivity contribution in [1.29, 1.82) is 0 Å². The average molecular weight is 408 g/mol. The molecule has 29 heavy (non-hydrogen) atoms. The molecule has 0 bridgehead atoms.